The molecule has 1 saturated heterocycles. The Balaban J connectivity index is 1.31. The quantitative estimate of drug-likeness (QED) is 0.384. The van der Waals surface area contributed by atoms with Crippen molar-refractivity contribution in [1.82, 2.24) is 14.9 Å². The fourth-order valence-corrected chi connectivity index (χ4v) is 4.40. The second-order valence-electron chi connectivity index (χ2n) is 7.79. The number of nitrogens with zero attached hydrogens (tertiary/aromatic N) is 4. The first kappa shape index (κ1) is 22.8. The molecule has 1 fully saturated rings. The zero-order valence-electron chi connectivity index (χ0n) is 18.7. The maximum absolute atomic E-state index is 12.8. The van der Waals surface area contributed by atoms with Gasteiger partial charge in [0.05, 0.1) is 5.75 Å². The third-order valence-corrected chi connectivity index (χ3v) is 6.48. The predicted octanol–water partition coefficient (Wildman–Crippen LogP) is 4.22. The summed E-state index contributed by atoms with van der Waals surface area (Å²) in [7, 11) is 0. The standard InChI is InChI=1S/C25H26N4O3S/c1-18-5-3-4-6-22(18)32-24-25(27-12-11-26-24)33-17-23(31)29-15-13-28(14-16-29)21-9-7-20(8-10-21)19(2)30/h3-12H,13-17H2,1-2H3. The van der Waals surface area contributed by atoms with Crippen molar-refractivity contribution < 1.29 is 14.3 Å². The minimum Gasteiger partial charge on any atom is -0.436 e. The average molecular weight is 463 g/mol. The molecule has 0 N–H and O–H groups in total. The average Bonchev–Trinajstić information content (AvgIpc) is 2.85. The summed E-state index contributed by atoms with van der Waals surface area (Å²) in [5.41, 5.74) is 2.78. The Labute approximate surface area is 197 Å². The van der Waals surface area contributed by atoms with Crippen molar-refractivity contribution in [1.29, 1.82) is 0 Å². The number of piperazine rings is 1. The van der Waals surface area contributed by atoms with E-state index in [1.54, 1.807) is 19.3 Å². The van der Waals surface area contributed by atoms with Crippen LogP contribution in [0.5, 0.6) is 11.6 Å². The van der Waals surface area contributed by atoms with Gasteiger partial charge in [-0.15, -0.1) is 0 Å². The van der Waals surface area contributed by atoms with Crippen molar-refractivity contribution >= 4 is 29.1 Å². The molecule has 4 rings (SSSR count). The van der Waals surface area contributed by atoms with E-state index in [1.165, 1.54) is 11.8 Å². The van der Waals surface area contributed by atoms with Crippen LogP contribution in [0.2, 0.25) is 0 Å². The maximum atomic E-state index is 12.8. The maximum Gasteiger partial charge on any atom is 0.252 e. The van der Waals surface area contributed by atoms with Crippen LogP contribution in [0.25, 0.3) is 0 Å². The van der Waals surface area contributed by atoms with Crippen molar-refractivity contribution in [3.8, 4) is 11.6 Å². The molecule has 33 heavy (non-hydrogen) atoms. The molecule has 0 saturated carbocycles. The first-order valence-electron chi connectivity index (χ1n) is 10.8. The van der Waals surface area contributed by atoms with E-state index >= 15 is 0 Å². The van der Waals surface area contributed by atoms with Crippen LogP contribution >= 0.6 is 11.8 Å². The van der Waals surface area contributed by atoms with Crippen LogP contribution < -0.4 is 9.64 Å². The normalized spacial score (nSPS) is 13.6. The largest absolute Gasteiger partial charge is 0.436 e. The lowest BCUT2D eigenvalue weighted by Crippen LogP contribution is -2.49. The van der Waals surface area contributed by atoms with E-state index < -0.39 is 0 Å². The van der Waals surface area contributed by atoms with Crippen LogP contribution in [0.15, 0.2) is 66.0 Å². The smallest absolute Gasteiger partial charge is 0.252 e. The van der Waals surface area contributed by atoms with E-state index in [0.717, 1.165) is 30.1 Å². The number of carbonyl (C=O) groups excluding carboxylic acids is 2. The summed E-state index contributed by atoms with van der Waals surface area (Å²) in [5, 5.41) is 0.596. The van der Waals surface area contributed by atoms with Crippen LogP contribution in [0.1, 0.15) is 22.8 Å². The second kappa shape index (κ2) is 10.5. The molecule has 0 atom stereocenters. The topological polar surface area (TPSA) is 75.6 Å². The minimum absolute atomic E-state index is 0.0602. The molecule has 8 heteroatoms. The van der Waals surface area contributed by atoms with Gasteiger partial charge >= 0.3 is 0 Å². The molecule has 0 bridgehead atoms. The van der Waals surface area contributed by atoms with Crippen molar-refractivity contribution in [3.05, 3.63) is 72.1 Å². The number of thioether (sulfide) groups is 1. The number of amides is 1. The molecule has 2 heterocycles. The third kappa shape index (κ3) is 5.70. The van der Waals surface area contributed by atoms with Gasteiger partial charge in [0, 0.05) is 49.8 Å². The lowest BCUT2D eigenvalue weighted by Gasteiger charge is -2.36. The summed E-state index contributed by atoms with van der Waals surface area (Å²) in [6.07, 6.45) is 3.19. The van der Waals surface area contributed by atoms with Crippen molar-refractivity contribution in [2.45, 2.75) is 18.9 Å². The van der Waals surface area contributed by atoms with Crippen molar-refractivity contribution in [3.63, 3.8) is 0 Å². The monoisotopic (exact) mass is 462 g/mol. The number of ether oxygens (including phenoxy) is 1. The van der Waals surface area contributed by atoms with E-state index in [9.17, 15) is 9.59 Å². The number of anilines is 1. The Kier molecular flexibility index (Phi) is 7.24. The molecule has 1 aliphatic rings. The van der Waals surface area contributed by atoms with Gasteiger partial charge in [-0.2, -0.15) is 0 Å². The highest BCUT2D eigenvalue weighted by molar-refractivity contribution is 8.00. The molecular weight excluding hydrogens is 436 g/mol. The van der Waals surface area contributed by atoms with Crippen molar-refractivity contribution in [2.75, 3.05) is 36.8 Å². The summed E-state index contributed by atoms with van der Waals surface area (Å²) in [6, 6.07) is 15.4. The van der Waals surface area contributed by atoms with Crippen LogP contribution in [-0.2, 0) is 4.79 Å². The van der Waals surface area contributed by atoms with Gasteiger partial charge in [-0.1, -0.05) is 30.0 Å². The third-order valence-electron chi connectivity index (χ3n) is 5.54. The predicted molar refractivity (Wildman–Crippen MR) is 129 cm³/mol. The molecule has 2 aromatic carbocycles. The number of hydrogen-bond donors (Lipinski definition) is 0. The second-order valence-corrected chi connectivity index (χ2v) is 8.76. The zero-order valence-corrected chi connectivity index (χ0v) is 19.5. The fourth-order valence-electron chi connectivity index (χ4n) is 3.60. The van der Waals surface area contributed by atoms with Gasteiger partial charge in [0.25, 0.3) is 5.88 Å². The van der Waals surface area contributed by atoms with E-state index in [4.69, 9.17) is 4.74 Å². The van der Waals surface area contributed by atoms with E-state index in [1.807, 2.05) is 60.4 Å². The highest BCUT2D eigenvalue weighted by Gasteiger charge is 2.22. The van der Waals surface area contributed by atoms with Crippen LogP contribution in [0, 0.1) is 6.92 Å². The van der Waals surface area contributed by atoms with Gasteiger partial charge in [0.15, 0.2) is 10.8 Å². The number of ketones is 1. The number of rotatable bonds is 7. The van der Waals surface area contributed by atoms with Crippen LogP contribution in [-0.4, -0.2) is 58.5 Å². The van der Waals surface area contributed by atoms with Crippen LogP contribution in [0.4, 0.5) is 5.69 Å². The molecule has 7 nitrogen and oxygen atoms in total. The van der Waals surface area contributed by atoms with Gasteiger partial charge in [0.1, 0.15) is 5.75 Å². The Morgan fingerprint density at radius 2 is 1.67 bits per heavy atom. The molecule has 1 aromatic heterocycles. The summed E-state index contributed by atoms with van der Waals surface area (Å²) in [4.78, 5) is 37.1. The number of carbonyl (C=O) groups is 2. The fraction of sp³-hybridized carbons (Fsp3) is 0.280. The van der Waals surface area contributed by atoms with Crippen LogP contribution in [0.3, 0.4) is 0 Å². The Bertz CT molecular complexity index is 1130. The van der Waals surface area contributed by atoms with Gasteiger partial charge < -0.3 is 14.5 Å². The number of Topliss-reactive ketones (excluding diaryl/α,β-unsaturated/α-hetero) is 1. The van der Waals surface area contributed by atoms with Gasteiger partial charge in [-0.05, 0) is 49.7 Å². The zero-order chi connectivity index (χ0) is 23.2. The van der Waals surface area contributed by atoms with Gasteiger partial charge in [-0.3, -0.25) is 9.59 Å². The lowest BCUT2D eigenvalue weighted by molar-refractivity contribution is -0.128. The van der Waals surface area contributed by atoms with Crippen molar-refractivity contribution in [2.24, 2.45) is 0 Å². The first-order chi connectivity index (χ1) is 16.0. The van der Waals surface area contributed by atoms with Gasteiger partial charge in [0.2, 0.25) is 5.91 Å². The van der Waals surface area contributed by atoms with Gasteiger partial charge in [-0.25, -0.2) is 9.97 Å². The Morgan fingerprint density at radius 3 is 2.36 bits per heavy atom. The number of aryl methyl sites for hydroxylation is 1. The van der Waals surface area contributed by atoms with E-state index in [0.29, 0.717) is 29.6 Å². The van der Waals surface area contributed by atoms with E-state index in [-0.39, 0.29) is 17.4 Å². The number of hydrogen-bond acceptors (Lipinski definition) is 7. The molecule has 3 aromatic rings. The Hall–Kier alpha value is -3.39. The highest BCUT2D eigenvalue weighted by Crippen LogP contribution is 2.30. The first-order valence-corrected chi connectivity index (χ1v) is 11.8. The number of aromatic nitrogens is 2. The Morgan fingerprint density at radius 1 is 0.970 bits per heavy atom. The minimum atomic E-state index is 0.0602. The lowest BCUT2D eigenvalue weighted by atomic mass is 10.1. The highest BCUT2D eigenvalue weighted by atomic mass is 32.2. The molecule has 0 spiro atoms. The molecule has 1 amide bonds. The molecule has 0 radical (unpaired) electrons. The summed E-state index contributed by atoms with van der Waals surface area (Å²) >= 11 is 1.34. The molecular formula is C25H26N4O3S. The molecule has 0 aliphatic carbocycles. The SMILES string of the molecule is CC(=O)c1ccc(N2CCN(C(=O)CSc3nccnc3Oc3ccccc3C)CC2)cc1. The number of benzene rings is 2. The summed E-state index contributed by atoms with van der Waals surface area (Å²) in [6.45, 7) is 6.35. The molecule has 1 aliphatic heterocycles. The molecule has 170 valence electrons. The molecule has 0 unspecified atom stereocenters. The number of para-hydroxylation sites is 1. The summed E-state index contributed by atoms with van der Waals surface area (Å²) in [5.74, 6) is 1.53. The van der Waals surface area contributed by atoms with E-state index in [2.05, 4.69) is 14.9 Å². The summed E-state index contributed by atoms with van der Waals surface area (Å²) < 4.78 is 5.96.